The number of H-pyrrole nitrogens is 1. The van der Waals surface area contributed by atoms with Gasteiger partial charge < -0.3 is 10.6 Å². The molecule has 17 heavy (non-hydrogen) atoms. The van der Waals surface area contributed by atoms with Gasteiger partial charge in [-0.1, -0.05) is 0 Å². The van der Waals surface area contributed by atoms with Crippen LogP contribution >= 0.6 is 0 Å². The molecule has 0 atom stereocenters. The summed E-state index contributed by atoms with van der Waals surface area (Å²) in [6, 6.07) is 2.28. The highest BCUT2D eigenvalue weighted by Gasteiger charge is 2.20. The molecule has 0 bridgehead atoms. The van der Waals surface area contributed by atoms with Gasteiger partial charge in [0.25, 0.3) is 17.9 Å². The first-order valence-corrected chi connectivity index (χ1v) is 4.88. The van der Waals surface area contributed by atoms with Crippen LogP contribution < -0.4 is 11.3 Å². The first-order chi connectivity index (χ1) is 8.04. The lowest BCUT2D eigenvalue weighted by molar-refractivity contribution is 0.0557. The molecule has 0 spiro atoms. The molecule has 0 aliphatic heterocycles. The average Bonchev–Trinajstić information content (AvgIpc) is 2.28. The number of nitrogens with two attached hydrogens (primary N) is 1. The maximum atomic E-state index is 12.2. The van der Waals surface area contributed by atoms with E-state index in [1.165, 1.54) is 6.07 Å². The van der Waals surface area contributed by atoms with E-state index in [2.05, 4.69) is 10.2 Å². The average molecular weight is 246 g/mol. The highest BCUT2D eigenvalue weighted by Crippen LogP contribution is 2.03. The summed E-state index contributed by atoms with van der Waals surface area (Å²) in [4.78, 5) is 23.4. The van der Waals surface area contributed by atoms with Gasteiger partial charge in [0.1, 0.15) is 5.69 Å². The molecular formula is C9H12F2N4O2. The molecule has 6 nitrogen and oxygen atoms in total. The minimum absolute atomic E-state index is 0.00395. The highest BCUT2D eigenvalue weighted by molar-refractivity contribution is 5.92. The van der Waals surface area contributed by atoms with Crippen LogP contribution in [0.1, 0.15) is 10.5 Å². The normalized spacial score (nSPS) is 10.6. The highest BCUT2D eigenvalue weighted by atomic mass is 19.3. The predicted molar refractivity (Wildman–Crippen MR) is 55.8 cm³/mol. The van der Waals surface area contributed by atoms with E-state index in [-0.39, 0.29) is 18.8 Å². The number of nitrogens with one attached hydrogen (secondary N) is 1. The van der Waals surface area contributed by atoms with Crippen molar-refractivity contribution in [2.75, 3.05) is 19.6 Å². The fourth-order valence-electron chi connectivity index (χ4n) is 1.22. The van der Waals surface area contributed by atoms with Crippen molar-refractivity contribution >= 4 is 5.91 Å². The van der Waals surface area contributed by atoms with Crippen molar-refractivity contribution in [3.8, 4) is 0 Å². The lowest BCUT2D eigenvalue weighted by atomic mass is 10.3. The number of hydrogen-bond donors (Lipinski definition) is 2. The third-order valence-electron chi connectivity index (χ3n) is 1.94. The second kappa shape index (κ2) is 6.04. The van der Waals surface area contributed by atoms with E-state index in [1.54, 1.807) is 0 Å². The predicted octanol–water partition coefficient (Wildman–Crippen LogP) is -0.564. The summed E-state index contributed by atoms with van der Waals surface area (Å²) in [7, 11) is 0. The number of hydrogen-bond acceptors (Lipinski definition) is 4. The molecule has 3 N–H and O–H groups in total. The summed E-state index contributed by atoms with van der Waals surface area (Å²) in [6.45, 7) is -0.636. The van der Waals surface area contributed by atoms with Gasteiger partial charge in [-0.05, 0) is 6.07 Å². The van der Waals surface area contributed by atoms with Crippen LogP contribution in [0.4, 0.5) is 8.78 Å². The SMILES string of the molecule is NCCN(CC(F)F)C(=O)c1ccc(=O)[nH]n1. The Morgan fingerprint density at radius 3 is 2.71 bits per heavy atom. The molecular weight excluding hydrogens is 234 g/mol. The molecule has 0 saturated heterocycles. The van der Waals surface area contributed by atoms with E-state index < -0.39 is 24.4 Å². The van der Waals surface area contributed by atoms with Crippen molar-refractivity contribution < 1.29 is 13.6 Å². The minimum atomic E-state index is -2.65. The Morgan fingerprint density at radius 2 is 2.24 bits per heavy atom. The summed E-state index contributed by atoms with van der Waals surface area (Å²) >= 11 is 0. The Balaban J connectivity index is 2.83. The fourth-order valence-corrected chi connectivity index (χ4v) is 1.22. The van der Waals surface area contributed by atoms with Gasteiger partial charge in [-0.3, -0.25) is 9.59 Å². The van der Waals surface area contributed by atoms with E-state index in [1.807, 2.05) is 0 Å². The number of halogens is 2. The summed E-state index contributed by atoms with van der Waals surface area (Å²) < 4.78 is 24.5. The Bertz CT molecular complexity index is 415. The van der Waals surface area contributed by atoms with Crippen molar-refractivity contribution in [1.82, 2.24) is 15.1 Å². The number of aromatic amines is 1. The number of nitrogens with zero attached hydrogens (tertiary/aromatic N) is 2. The molecule has 8 heteroatoms. The van der Waals surface area contributed by atoms with Gasteiger partial charge in [0.15, 0.2) is 0 Å². The fraction of sp³-hybridized carbons (Fsp3) is 0.444. The Labute approximate surface area is 95.4 Å². The first-order valence-electron chi connectivity index (χ1n) is 4.88. The largest absolute Gasteiger partial charge is 0.330 e. The first kappa shape index (κ1) is 13.2. The number of carbonyl (C=O) groups excluding carboxylic acids is 1. The lowest BCUT2D eigenvalue weighted by Gasteiger charge is -2.20. The summed E-state index contributed by atoms with van der Waals surface area (Å²) in [5, 5.41) is 5.53. The number of carbonyl (C=O) groups is 1. The van der Waals surface area contributed by atoms with Crippen molar-refractivity contribution in [2.45, 2.75) is 6.43 Å². The maximum absolute atomic E-state index is 12.2. The van der Waals surface area contributed by atoms with Gasteiger partial charge in [0.05, 0.1) is 6.54 Å². The summed E-state index contributed by atoms with van der Waals surface area (Å²) in [6.07, 6.45) is -2.65. The molecule has 0 fully saturated rings. The van der Waals surface area contributed by atoms with Gasteiger partial charge in [0, 0.05) is 19.2 Å². The monoisotopic (exact) mass is 246 g/mol. The number of aromatic nitrogens is 2. The standard InChI is InChI=1S/C9H12F2N4O2/c10-7(11)5-15(4-3-12)9(17)6-1-2-8(16)14-13-6/h1-2,7H,3-5,12H2,(H,14,16). The van der Waals surface area contributed by atoms with E-state index in [9.17, 15) is 18.4 Å². The molecule has 1 heterocycles. The minimum Gasteiger partial charge on any atom is -0.330 e. The second-order valence-corrected chi connectivity index (χ2v) is 3.24. The number of amides is 1. The van der Waals surface area contributed by atoms with Gasteiger partial charge >= 0.3 is 0 Å². The molecule has 0 radical (unpaired) electrons. The molecule has 1 aromatic heterocycles. The summed E-state index contributed by atoms with van der Waals surface area (Å²) in [5.41, 5.74) is 4.66. The number of alkyl halides is 2. The quantitative estimate of drug-likeness (QED) is 0.728. The Hall–Kier alpha value is -1.83. The molecule has 94 valence electrons. The molecule has 0 aliphatic carbocycles. The Kier molecular flexibility index (Phi) is 4.70. The van der Waals surface area contributed by atoms with Gasteiger partial charge in [-0.15, -0.1) is 0 Å². The van der Waals surface area contributed by atoms with E-state index in [0.717, 1.165) is 11.0 Å². The van der Waals surface area contributed by atoms with Gasteiger partial charge in [-0.2, -0.15) is 5.10 Å². The maximum Gasteiger partial charge on any atom is 0.274 e. The van der Waals surface area contributed by atoms with Crippen molar-refractivity contribution in [3.05, 3.63) is 28.2 Å². The molecule has 1 rings (SSSR count). The Morgan fingerprint density at radius 1 is 1.53 bits per heavy atom. The zero-order valence-electron chi connectivity index (χ0n) is 8.90. The topological polar surface area (TPSA) is 92.1 Å². The van der Waals surface area contributed by atoms with Crippen LogP contribution in [-0.2, 0) is 0 Å². The van der Waals surface area contributed by atoms with Crippen LogP contribution in [0.3, 0.4) is 0 Å². The van der Waals surface area contributed by atoms with E-state index in [4.69, 9.17) is 5.73 Å². The zero-order valence-corrected chi connectivity index (χ0v) is 8.90. The lowest BCUT2D eigenvalue weighted by Crippen LogP contribution is -2.39. The zero-order chi connectivity index (χ0) is 12.8. The van der Waals surface area contributed by atoms with Crippen LogP contribution in [0.2, 0.25) is 0 Å². The van der Waals surface area contributed by atoms with Crippen LogP contribution in [0.5, 0.6) is 0 Å². The van der Waals surface area contributed by atoms with Crippen LogP contribution in [0.25, 0.3) is 0 Å². The molecule has 0 aliphatic rings. The second-order valence-electron chi connectivity index (χ2n) is 3.24. The van der Waals surface area contributed by atoms with Crippen molar-refractivity contribution in [3.63, 3.8) is 0 Å². The van der Waals surface area contributed by atoms with E-state index >= 15 is 0 Å². The third-order valence-corrected chi connectivity index (χ3v) is 1.94. The van der Waals surface area contributed by atoms with E-state index in [0.29, 0.717) is 0 Å². The van der Waals surface area contributed by atoms with Crippen LogP contribution in [0, 0.1) is 0 Å². The van der Waals surface area contributed by atoms with Gasteiger partial charge in [0.2, 0.25) is 0 Å². The molecule has 0 aromatic carbocycles. The van der Waals surface area contributed by atoms with Gasteiger partial charge in [-0.25, -0.2) is 13.9 Å². The summed E-state index contributed by atoms with van der Waals surface area (Å²) in [5.74, 6) is -0.688. The van der Waals surface area contributed by atoms with Crippen molar-refractivity contribution in [2.24, 2.45) is 5.73 Å². The molecule has 1 aromatic rings. The number of rotatable bonds is 5. The molecule has 1 amide bonds. The third kappa shape index (κ3) is 3.91. The smallest absolute Gasteiger partial charge is 0.274 e. The molecule has 0 unspecified atom stereocenters. The van der Waals surface area contributed by atoms with Crippen LogP contribution in [0.15, 0.2) is 16.9 Å². The van der Waals surface area contributed by atoms with Crippen LogP contribution in [-0.4, -0.2) is 47.1 Å². The van der Waals surface area contributed by atoms with Crippen molar-refractivity contribution in [1.29, 1.82) is 0 Å². The molecule has 0 saturated carbocycles.